The Labute approximate surface area is 140 Å². The van der Waals surface area contributed by atoms with Gasteiger partial charge in [0.1, 0.15) is 5.82 Å². The molecule has 126 valence electrons. The summed E-state index contributed by atoms with van der Waals surface area (Å²) in [4.78, 5) is 22.9. The fraction of sp³-hybridized carbons (Fsp3) is 0.263. The van der Waals surface area contributed by atoms with Crippen LogP contribution in [0.15, 0.2) is 48.5 Å². The van der Waals surface area contributed by atoms with Gasteiger partial charge in [-0.1, -0.05) is 38.1 Å². The molecule has 4 nitrogen and oxygen atoms in total. The van der Waals surface area contributed by atoms with Gasteiger partial charge in [0.25, 0.3) is 0 Å². The van der Waals surface area contributed by atoms with Gasteiger partial charge >= 0.3 is 5.97 Å². The van der Waals surface area contributed by atoms with Crippen molar-refractivity contribution in [3.63, 3.8) is 0 Å². The molecule has 0 aromatic heterocycles. The second kappa shape index (κ2) is 7.25. The first-order valence-corrected chi connectivity index (χ1v) is 7.63. The molecule has 0 aliphatic heterocycles. The summed E-state index contributed by atoms with van der Waals surface area (Å²) in [7, 11) is 0. The van der Waals surface area contributed by atoms with E-state index in [2.05, 4.69) is 5.32 Å². The lowest BCUT2D eigenvalue weighted by molar-refractivity contribution is -0.120. The van der Waals surface area contributed by atoms with Crippen LogP contribution < -0.4 is 5.32 Å². The summed E-state index contributed by atoms with van der Waals surface area (Å²) < 4.78 is 13.3. The zero-order valence-electron chi connectivity index (χ0n) is 13.7. The van der Waals surface area contributed by atoms with Crippen LogP contribution in [-0.2, 0) is 16.6 Å². The highest BCUT2D eigenvalue weighted by molar-refractivity contribution is 5.87. The maximum Gasteiger partial charge on any atom is 0.335 e. The van der Waals surface area contributed by atoms with E-state index in [4.69, 9.17) is 5.11 Å². The molecular weight excluding hydrogens is 309 g/mol. The maximum atomic E-state index is 13.3. The number of carbonyl (C=O) groups is 2. The van der Waals surface area contributed by atoms with E-state index in [1.165, 1.54) is 24.3 Å². The minimum absolute atomic E-state index is 0.164. The summed E-state index contributed by atoms with van der Waals surface area (Å²) >= 11 is 0. The van der Waals surface area contributed by atoms with Crippen molar-refractivity contribution in [1.82, 2.24) is 5.32 Å². The van der Waals surface area contributed by atoms with Crippen LogP contribution >= 0.6 is 0 Å². The average molecular weight is 329 g/mol. The number of carboxylic acids is 1. The molecular formula is C19H20FNO3. The first-order chi connectivity index (χ1) is 11.3. The molecule has 0 aliphatic rings. The number of nitrogens with one attached hydrogen (secondary N) is 1. The fourth-order valence-corrected chi connectivity index (χ4v) is 2.34. The maximum absolute atomic E-state index is 13.3. The van der Waals surface area contributed by atoms with E-state index in [-0.39, 0.29) is 23.7 Å². The van der Waals surface area contributed by atoms with E-state index >= 15 is 0 Å². The van der Waals surface area contributed by atoms with Crippen LogP contribution in [0.25, 0.3) is 0 Å². The van der Waals surface area contributed by atoms with Crippen molar-refractivity contribution in [3.8, 4) is 0 Å². The lowest BCUT2D eigenvalue weighted by Crippen LogP contribution is -2.37. The Balaban J connectivity index is 1.93. The molecule has 0 heterocycles. The number of hydrogen-bond acceptors (Lipinski definition) is 2. The van der Waals surface area contributed by atoms with Crippen LogP contribution in [0.1, 0.15) is 35.3 Å². The van der Waals surface area contributed by atoms with Gasteiger partial charge in [0.2, 0.25) is 5.91 Å². The van der Waals surface area contributed by atoms with Gasteiger partial charge in [-0.3, -0.25) is 4.79 Å². The van der Waals surface area contributed by atoms with Gasteiger partial charge in [-0.05, 0) is 35.4 Å². The molecule has 2 aromatic carbocycles. The van der Waals surface area contributed by atoms with Crippen LogP contribution in [0.3, 0.4) is 0 Å². The Morgan fingerprint density at radius 1 is 1.12 bits per heavy atom. The van der Waals surface area contributed by atoms with Crippen molar-refractivity contribution < 1.29 is 19.1 Å². The summed E-state index contributed by atoms with van der Waals surface area (Å²) in [5.74, 6) is -1.46. The van der Waals surface area contributed by atoms with E-state index in [0.29, 0.717) is 6.54 Å². The molecule has 24 heavy (non-hydrogen) atoms. The third-order valence-electron chi connectivity index (χ3n) is 3.90. The van der Waals surface area contributed by atoms with Gasteiger partial charge in [-0.25, -0.2) is 9.18 Å². The lowest BCUT2D eigenvalue weighted by atomic mass is 9.84. The van der Waals surface area contributed by atoms with Crippen LogP contribution in [0.5, 0.6) is 0 Å². The number of hydrogen-bond donors (Lipinski definition) is 2. The number of amides is 1. The number of rotatable bonds is 6. The molecule has 0 fully saturated rings. The van der Waals surface area contributed by atoms with Gasteiger partial charge in [0.05, 0.1) is 12.0 Å². The number of carboxylic acid groups (broad SMARTS) is 1. The predicted octanol–water partition coefficient (Wildman–Crippen LogP) is 3.16. The largest absolute Gasteiger partial charge is 0.478 e. The van der Waals surface area contributed by atoms with E-state index < -0.39 is 11.4 Å². The Hall–Kier alpha value is -2.69. The van der Waals surface area contributed by atoms with Crippen molar-refractivity contribution in [2.45, 2.75) is 25.7 Å². The molecule has 5 heteroatoms. The number of halogens is 1. The van der Waals surface area contributed by atoms with E-state index in [0.717, 1.165) is 11.1 Å². The van der Waals surface area contributed by atoms with Crippen molar-refractivity contribution >= 4 is 11.9 Å². The standard InChI is InChI=1S/C19H20FNO3/c1-19(2,15-4-3-5-16(20)11-15)12-21-17(22)10-13-6-8-14(9-7-13)18(23)24/h3-9,11H,10,12H2,1-2H3,(H,21,22)(H,23,24). The summed E-state index contributed by atoms with van der Waals surface area (Å²) in [5.41, 5.74) is 1.34. The quantitative estimate of drug-likeness (QED) is 0.855. The van der Waals surface area contributed by atoms with Gasteiger partial charge in [0.15, 0.2) is 0 Å². The first-order valence-electron chi connectivity index (χ1n) is 7.63. The molecule has 0 unspecified atom stereocenters. The third kappa shape index (κ3) is 4.65. The predicted molar refractivity (Wildman–Crippen MR) is 89.5 cm³/mol. The molecule has 2 N–H and O–H groups in total. The highest BCUT2D eigenvalue weighted by Crippen LogP contribution is 2.22. The van der Waals surface area contributed by atoms with Gasteiger partial charge in [-0.2, -0.15) is 0 Å². The van der Waals surface area contributed by atoms with Crippen molar-refractivity contribution in [1.29, 1.82) is 0 Å². The highest BCUT2D eigenvalue weighted by Gasteiger charge is 2.21. The Morgan fingerprint density at radius 2 is 1.79 bits per heavy atom. The molecule has 1 amide bonds. The first kappa shape index (κ1) is 17.7. The topological polar surface area (TPSA) is 66.4 Å². The number of aromatic carboxylic acids is 1. The van der Waals surface area contributed by atoms with Crippen molar-refractivity contribution in [2.75, 3.05) is 6.54 Å². The van der Waals surface area contributed by atoms with E-state index in [1.807, 2.05) is 19.9 Å². The minimum atomic E-state index is -0.997. The average Bonchev–Trinajstić information content (AvgIpc) is 2.53. The van der Waals surface area contributed by atoms with Gasteiger partial charge in [-0.15, -0.1) is 0 Å². The normalized spacial score (nSPS) is 11.1. The van der Waals surface area contributed by atoms with Gasteiger partial charge in [0, 0.05) is 12.0 Å². The summed E-state index contributed by atoms with van der Waals surface area (Å²) in [6, 6.07) is 12.5. The molecule has 2 aromatic rings. The minimum Gasteiger partial charge on any atom is -0.478 e. The second-order valence-corrected chi connectivity index (χ2v) is 6.35. The van der Waals surface area contributed by atoms with E-state index in [9.17, 15) is 14.0 Å². The number of benzene rings is 2. The molecule has 0 saturated carbocycles. The zero-order valence-corrected chi connectivity index (χ0v) is 13.7. The Kier molecular flexibility index (Phi) is 5.34. The summed E-state index contributed by atoms with van der Waals surface area (Å²) in [6.45, 7) is 4.25. The smallest absolute Gasteiger partial charge is 0.335 e. The Bertz CT molecular complexity index is 739. The van der Waals surface area contributed by atoms with Crippen LogP contribution in [0.4, 0.5) is 4.39 Å². The van der Waals surface area contributed by atoms with E-state index in [1.54, 1.807) is 18.2 Å². The monoisotopic (exact) mass is 329 g/mol. The van der Waals surface area contributed by atoms with Crippen LogP contribution in [-0.4, -0.2) is 23.5 Å². The molecule has 0 radical (unpaired) electrons. The van der Waals surface area contributed by atoms with Gasteiger partial charge < -0.3 is 10.4 Å². The fourth-order valence-electron chi connectivity index (χ4n) is 2.34. The molecule has 0 bridgehead atoms. The van der Waals surface area contributed by atoms with Crippen molar-refractivity contribution in [3.05, 3.63) is 71.0 Å². The SMILES string of the molecule is CC(C)(CNC(=O)Cc1ccc(C(=O)O)cc1)c1cccc(F)c1. The van der Waals surface area contributed by atoms with Crippen LogP contribution in [0, 0.1) is 5.82 Å². The second-order valence-electron chi connectivity index (χ2n) is 6.35. The zero-order chi connectivity index (χ0) is 17.7. The molecule has 2 rings (SSSR count). The Morgan fingerprint density at radius 3 is 2.38 bits per heavy atom. The van der Waals surface area contributed by atoms with Crippen LogP contribution in [0.2, 0.25) is 0 Å². The summed E-state index contributed by atoms with van der Waals surface area (Å²) in [6.07, 6.45) is 0.166. The molecule has 0 saturated heterocycles. The van der Waals surface area contributed by atoms with Crippen molar-refractivity contribution in [2.24, 2.45) is 0 Å². The highest BCUT2D eigenvalue weighted by atomic mass is 19.1. The molecule has 0 atom stereocenters. The number of carbonyl (C=O) groups excluding carboxylic acids is 1. The third-order valence-corrected chi connectivity index (χ3v) is 3.90. The molecule has 0 spiro atoms. The lowest BCUT2D eigenvalue weighted by Gasteiger charge is -2.25. The summed E-state index contributed by atoms with van der Waals surface area (Å²) in [5, 5.41) is 11.7. The molecule has 0 aliphatic carbocycles.